The molecule has 0 aromatic heterocycles. The van der Waals surface area contributed by atoms with Gasteiger partial charge in [0.25, 0.3) is 0 Å². The Morgan fingerprint density at radius 1 is 1.25 bits per heavy atom. The Hall–Kier alpha value is -0.860. The Morgan fingerprint density at radius 3 is 1.92 bits per heavy atom. The lowest BCUT2D eigenvalue weighted by molar-refractivity contribution is -0.136. The molecule has 12 heavy (non-hydrogen) atoms. The van der Waals surface area contributed by atoms with E-state index in [9.17, 15) is 9.59 Å². The van der Waals surface area contributed by atoms with Crippen LogP contribution in [-0.4, -0.2) is 11.8 Å². The highest BCUT2D eigenvalue weighted by molar-refractivity contribution is 5.96. The molecule has 0 spiro atoms. The van der Waals surface area contributed by atoms with Crippen molar-refractivity contribution in [3.63, 3.8) is 0 Å². The Bertz CT molecular complexity index is 195. The van der Waals surface area contributed by atoms with Crippen LogP contribution in [-0.2, 0) is 9.59 Å². The Labute approximate surface area is 73.5 Å². The third-order valence-corrected chi connectivity index (χ3v) is 2.32. The number of hydrogen-bond donors (Lipinski definition) is 1. The second-order valence-corrected chi connectivity index (χ2v) is 3.89. The van der Waals surface area contributed by atoms with Crippen molar-refractivity contribution in [1.82, 2.24) is 5.32 Å². The summed E-state index contributed by atoms with van der Waals surface area (Å²) in [4.78, 5) is 22.0. The molecule has 0 aliphatic rings. The van der Waals surface area contributed by atoms with Gasteiger partial charge in [-0.1, -0.05) is 27.7 Å². The molecule has 0 saturated heterocycles. The number of nitrogens with one attached hydrogen (secondary N) is 1. The molecule has 0 heterocycles. The van der Waals surface area contributed by atoms with Gasteiger partial charge in [-0.25, -0.2) is 0 Å². The average Bonchev–Trinajstić information content (AvgIpc) is 1.85. The highest BCUT2D eigenvalue weighted by Crippen LogP contribution is 2.25. The molecule has 0 aromatic rings. The fourth-order valence-corrected chi connectivity index (χ4v) is 0.583. The number of carbonyl (C=O) groups is 2. The topological polar surface area (TPSA) is 46.2 Å². The van der Waals surface area contributed by atoms with Gasteiger partial charge in [0.15, 0.2) is 0 Å². The van der Waals surface area contributed by atoms with Crippen LogP contribution in [0.4, 0.5) is 0 Å². The second kappa shape index (κ2) is 3.70. The van der Waals surface area contributed by atoms with Gasteiger partial charge in [0.05, 0.1) is 0 Å². The molecule has 0 unspecified atom stereocenters. The Morgan fingerprint density at radius 2 is 1.67 bits per heavy atom. The first kappa shape index (κ1) is 11.1. The molecular formula is C9H17NO2. The van der Waals surface area contributed by atoms with Crippen molar-refractivity contribution >= 4 is 11.8 Å². The van der Waals surface area contributed by atoms with Gasteiger partial charge < -0.3 is 0 Å². The summed E-state index contributed by atoms with van der Waals surface area (Å²) in [6.07, 6.45) is 0. The van der Waals surface area contributed by atoms with Gasteiger partial charge in [-0.05, 0) is 5.92 Å². The van der Waals surface area contributed by atoms with E-state index in [4.69, 9.17) is 0 Å². The summed E-state index contributed by atoms with van der Waals surface area (Å²) in [6.45, 7) is 8.92. The van der Waals surface area contributed by atoms with Crippen molar-refractivity contribution in [1.29, 1.82) is 0 Å². The van der Waals surface area contributed by atoms with Crippen LogP contribution in [0.5, 0.6) is 0 Å². The van der Waals surface area contributed by atoms with E-state index in [1.54, 1.807) is 0 Å². The lowest BCUT2D eigenvalue weighted by Gasteiger charge is -2.26. The normalized spacial score (nSPS) is 11.5. The summed E-state index contributed by atoms with van der Waals surface area (Å²) in [6, 6.07) is 0. The fraction of sp³-hybridized carbons (Fsp3) is 0.778. The SMILES string of the molecule is CC(=O)NC(=O)C(C)(C)C(C)C. The van der Waals surface area contributed by atoms with E-state index in [0.29, 0.717) is 0 Å². The first-order chi connectivity index (χ1) is 5.28. The Balaban J connectivity index is 4.36. The van der Waals surface area contributed by atoms with Gasteiger partial charge in [-0.2, -0.15) is 0 Å². The predicted octanol–water partition coefficient (Wildman–Crippen LogP) is 1.33. The molecule has 0 bridgehead atoms. The van der Waals surface area contributed by atoms with Crippen LogP contribution in [0, 0.1) is 11.3 Å². The van der Waals surface area contributed by atoms with E-state index in [2.05, 4.69) is 5.32 Å². The summed E-state index contributed by atoms with van der Waals surface area (Å²) in [5.41, 5.74) is -0.480. The van der Waals surface area contributed by atoms with Gasteiger partial charge in [0, 0.05) is 12.3 Å². The summed E-state index contributed by atoms with van der Waals surface area (Å²) in [5, 5.41) is 2.29. The maximum absolute atomic E-state index is 11.4. The summed E-state index contributed by atoms with van der Waals surface area (Å²) >= 11 is 0. The molecule has 0 aliphatic heterocycles. The average molecular weight is 171 g/mol. The van der Waals surface area contributed by atoms with Crippen molar-refractivity contribution in [2.45, 2.75) is 34.6 Å². The molecule has 0 aromatic carbocycles. The molecule has 1 N–H and O–H groups in total. The number of carbonyl (C=O) groups excluding carboxylic acids is 2. The summed E-state index contributed by atoms with van der Waals surface area (Å²) in [5.74, 6) is -0.282. The zero-order chi connectivity index (χ0) is 9.94. The maximum Gasteiger partial charge on any atom is 0.232 e. The molecule has 0 aliphatic carbocycles. The monoisotopic (exact) mass is 171 g/mol. The smallest absolute Gasteiger partial charge is 0.232 e. The van der Waals surface area contributed by atoms with Crippen LogP contribution >= 0.6 is 0 Å². The molecule has 3 heteroatoms. The molecule has 2 amide bonds. The molecule has 3 nitrogen and oxygen atoms in total. The molecule has 0 atom stereocenters. The van der Waals surface area contributed by atoms with E-state index in [-0.39, 0.29) is 17.7 Å². The minimum absolute atomic E-state index is 0.204. The summed E-state index contributed by atoms with van der Waals surface area (Å²) in [7, 11) is 0. The highest BCUT2D eigenvalue weighted by Gasteiger charge is 2.31. The van der Waals surface area contributed by atoms with Gasteiger partial charge in [0.2, 0.25) is 11.8 Å². The number of amides is 2. The first-order valence-corrected chi connectivity index (χ1v) is 4.10. The third kappa shape index (κ3) is 2.64. The Kier molecular flexibility index (Phi) is 3.43. The lowest BCUT2D eigenvalue weighted by atomic mass is 9.80. The van der Waals surface area contributed by atoms with Crippen LogP contribution in [0.15, 0.2) is 0 Å². The van der Waals surface area contributed by atoms with Crippen LogP contribution in [0.25, 0.3) is 0 Å². The number of imide groups is 1. The lowest BCUT2D eigenvalue weighted by Crippen LogP contribution is -2.42. The number of hydrogen-bond acceptors (Lipinski definition) is 2. The van der Waals surface area contributed by atoms with Crippen molar-refractivity contribution in [3.8, 4) is 0 Å². The van der Waals surface area contributed by atoms with Gasteiger partial charge in [-0.15, -0.1) is 0 Å². The molecule has 70 valence electrons. The zero-order valence-corrected chi connectivity index (χ0v) is 8.39. The van der Waals surface area contributed by atoms with Gasteiger partial charge in [0.1, 0.15) is 0 Å². The van der Waals surface area contributed by atoms with Crippen molar-refractivity contribution in [2.75, 3.05) is 0 Å². The van der Waals surface area contributed by atoms with Crippen LogP contribution in [0.3, 0.4) is 0 Å². The van der Waals surface area contributed by atoms with E-state index in [1.807, 2.05) is 27.7 Å². The van der Waals surface area contributed by atoms with Crippen molar-refractivity contribution in [2.24, 2.45) is 11.3 Å². The van der Waals surface area contributed by atoms with E-state index in [1.165, 1.54) is 6.92 Å². The maximum atomic E-state index is 11.4. The van der Waals surface area contributed by atoms with Crippen LogP contribution in [0.1, 0.15) is 34.6 Å². The van der Waals surface area contributed by atoms with Gasteiger partial charge >= 0.3 is 0 Å². The quantitative estimate of drug-likeness (QED) is 0.681. The predicted molar refractivity (Wildman–Crippen MR) is 47.4 cm³/mol. The van der Waals surface area contributed by atoms with E-state index >= 15 is 0 Å². The van der Waals surface area contributed by atoms with Crippen LogP contribution in [0.2, 0.25) is 0 Å². The standard InChI is InChI=1S/C9H17NO2/c1-6(2)9(4,5)8(12)10-7(3)11/h6H,1-5H3,(H,10,11,12). The minimum Gasteiger partial charge on any atom is -0.296 e. The molecule has 0 fully saturated rings. The second-order valence-electron chi connectivity index (χ2n) is 3.89. The van der Waals surface area contributed by atoms with Crippen molar-refractivity contribution in [3.05, 3.63) is 0 Å². The van der Waals surface area contributed by atoms with E-state index in [0.717, 1.165) is 0 Å². The largest absolute Gasteiger partial charge is 0.296 e. The van der Waals surface area contributed by atoms with E-state index < -0.39 is 5.41 Å². The zero-order valence-electron chi connectivity index (χ0n) is 8.39. The fourth-order valence-electron chi connectivity index (χ4n) is 0.583. The van der Waals surface area contributed by atoms with Gasteiger partial charge in [-0.3, -0.25) is 14.9 Å². The molecule has 0 radical (unpaired) electrons. The highest BCUT2D eigenvalue weighted by atomic mass is 16.2. The molecule has 0 saturated carbocycles. The van der Waals surface area contributed by atoms with Crippen molar-refractivity contribution < 1.29 is 9.59 Å². The third-order valence-electron chi connectivity index (χ3n) is 2.32. The molecular weight excluding hydrogens is 154 g/mol. The van der Waals surface area contributed by atoms with Crippen LogP contribution < -0.4 is 5.32 Å². The molecule has 0 rings (SSSR count). The first-order valence-electron chi connectivity index (χ1n) is 4.10. The minimum atomic E-state index is -0.480. The summed E-state index contributed by atoms with van der Waals surface area (Å²) < 4.78 is 0. The number of rotatable bonds is 2.